The Morgan fingerprint density at radius 1 is 1.05 bits per heavy atom. The maximum Gasteiger partial charge on any atom is 0.439 e. The van der Waals surface area contributed by atoms with Gasteiger partial charge in [0.15, 0.2) is 5.82 Å². The lowest BCUT2D eigenvalue weighted by atomic mass is 9.82. The first-order valence-corrected chi connectivity index (χ1v) is 14.7. The van der Waals surface area contributed by atoms with E-state index in [0.717, 1.165) is 77.5 Å². The molecular formula is C32H37N5O3S. The summed E-state index contributed by atoms with van der Waals surface area (Å²) in [4.78, 5) is 36.0. The van der Waals surface area contributed by atoms with Crippen LogP contribution in [0.2, 0.25) is 0 Å². The van der Waals surface area contributed by atoms with Gasteiger partial charge < -0.3 is 4.90 Å². The smallest absolute Gasteiger partial charge is 0.366 e. The van der Waals surface area contributed by atoms with Gasteiger partial charge >= 0.3 is 5.76 Å². The second-order valence-corrected chi connectivity index (χ2v) is 12.1. The van der Waals surface area contributed by atoms with Gasteiger partial charge in [0.1, 0.15) is 5.82 Å². The molecule has 0 radical (unpaired) electrons. The fourth-order valence-corrected chi connectivity index (χ4v) is 5.75. The third kappa shape index (κ3) is 6.40. The zero-order valence-corrected chi connectivity index (χ0v) is 25.0. The van der Waals surface area contributed by atoms with E-state index in [4.69, 9.17) is 21.7 Å². The molecule has 1 aliphatic heterocycles. The summed E-state index contributed by atoms with van der Waals surface area (Å²) in [6.07, 6.45) is 4.26. The standard InChI is InChI=1S/C32H37N5O3S/c1-5-8-27-33-21(2)26(19-28(41)36-17-15-32(3,4)16-18-36)30(38)37(27)20-22-11-13-23(14-12-22)24-9-6-7-10-25(24)29-34-31(39)40-35-29/h6-7,9-14H,5,8,15-20H2,1-4H3,(H,34,35,39). The molecular weight excluding hydrogens is 534 g/mol. The van der Waals surface area contributed by atoms with Crippen molar-refractivity contribution in [1.29, 1.82) is 0 Å². The van der Waals surface area contributed by atoms with Gasteiger partial charge in [0.25, 0.3) is 5.56 Å². The van der Waals surface area contributed by atoms with Crippen LogP contribution in [-0.2, 0) is 19.4 Å². The molecule has 214 valence electrons. The molecule has 1 aliphatic rings. The number of benzene rings is 2. The molecule has 3 heterocycles. The Labute approximate surface area is 245 Å². The van der Waals surface area contributed by atoms with Crippen molar-refractivity contribution in [3.05, 3.63) is 92.1 Å². The zero-order valence-electron chi connectivity index (χ0n) is 24.2. The Morgan fingerprint density at radius 3 is 2.37 bits per heavy atom. The Morgan fingerprint density at radius 2 is 1.73 bits per heavy atom. The van der Waals surface area contributed by atoms with Crippen LogP contribution in [0.4, 0.5) is 0 Å². The molecule has 8 nitrogen and oxygen atoms in total. The van der Waals surface area contributed by atoms with Gasteiger partial charge in [-0.25, -0.2) is 9.78 Å². The van der Waals surface area contributed by atoms with Crippen LogP contribution in [0.5, 0.6) is 0 Å². The molecule has 0 unspecified atom stereocenters. The van der Waals surface area contributed by atoms with Crippen molar-refractivity contribution < 1.29 is 4.52 Å². The van der Waals surface area contributed by atoms with Gasteiger partial charge in [-0.05, 0) is 48.3 Å². The van der Waals surface area contributed by atoms with Crippen molar-refractivity contribution in [3.8, 4) is 22.5 Å². The van der Waals surface area contributed by atoms with Gasteiger partial charge in [-0.15, -0.1) is 0 Å². The van der Waals surface area contributed by atoms with Crippen LogP contribution >= 0.6 is 12.2 Å². The van der Waals surface area contributed by atoms with E-state index >= 15 is 0 Å². The number of aromatic nitrogens is 4. The number of nitrogens with zero attached hydrogens (tertiary/aromatic N) is 4. The minimum absolute atomic E-state index is 0.00921. The Balaban J connectivity index is 1.41. The number of hydrogen-bond donors (Lipinski definition) is 1. The molecule has 9 heteroatoms. The van der Waals surface area contributed by atoms with Crippen molar-refractivity contribution >= 4 is 17.2 Å². The number of aryl methyl sites for hydroxylation is 2. The molecule has 0 bridgehead atoms. The van der Waals surface area contributed by atoms with E-state index in [1.165, 1.54) is 0 Å². The van der Waals surface area contributed by atoms with Crippen LogP contribution in [0.25, 0.3) is 22.5 Å². The lowest BCUT2D eigenvalue weighted by molar-refractivity contribution is 0.189. The molecule has 1 fully saturated rings. The summed E-state index contributed by atoms with van der Waals surface area (Å²) in [5, 5.41) is 3.85. The zero-order chi connectivity index (χ0) is 29.1. The quantitative estimate of drug-likeness (QED) is 0.277. The Kier molecular flexibility index (Phi) is 8.35. The number of rotatable bonds is 8. The molecule has 0 amide bonds. The minimum atomic E-state index is -0.592. The highest BCUT2D eigenvalue weighted by atomic mass is 32.1. The van der Waals surface area contributed by atoms with Crippen LogP contribution < -0.4 is 11.3 Å². The van der Waals surface area contributed by atoms with E-state index < -0.39 is 5.76 Å². The molecule has 0 aliphatic carbocycles. The third-order valence-electron chi connectivity index (χ3n) is 8.05. The lowest BCUT2D eigenvalue weighted by Crippen LogP contribution is -2.42. The topological polar surface area (TPSA) is 97.0 Å². The van der Waals surface area contributed by atoms with E-state index in [9.17, 15) is 9.59 Å². The summed E-state index contributed by atoms with van der Waals surface area (Å²) in [6.45, 7) is 10.9. The molecule has 0 saturated carbocycles. The SMILES string of the molecule is CCCc1nc(C)c(CC(=S)N2CCC(C)(C)CC2)c(=O)n1Cc1ccc(-c2ccccc2-c2noc(=O)[nH]2)cc1. The number of likely N-dealkylation sites (tertiary alicyclic amines) is 1. The second-order valence-electron chi connectivity index (χ2n) is 11.6. The number of piperidine rings is 1. The van der Waals surface area contributed by atoms with E-state index in [1.54, 1.807) is 0 Å². The largest absolute Gasteiger partial charge is 0.439 e. The van der Waals surface area contributed by atoms with Crippen molar-refractivity contribution in [1.82, 2.24) is 24.6 Å². The fourth-order valence-electron chi connectivity index (χ4n) is 5.42. The predicted molar refractivity (Wildman–Crippen MR) is 165 cm³/mol. The first-order chi connectivity index (χ1) is 19.6. The van der Waals surface area contributed by atoms with Gasteiger partial charge in [0, 0.05) is 42.8 Å². The molecule has 2 aromatic carbocycles. The molecule has 5 rings (SSSR count). The lowest BCUT2D eigenvalue weighted by Gasteiger charge is -2.38. The molecule has 1 saturated heterocycles. The number of aromatic amines is 1. The number of hydrogen-bond acceptors (Lipinski definition) is 6. The van der Waals surface area contributed by atoms with Gasteiger partial charge in [-0.2, -0.15) is 0 Å². The number of H-pyrrole nitrogens is 1. The number of nitrogens with one attached hydrogen (secondary N) is 1. The molecule has 0 atom stereocenters. The van der Waals surface area contributed by atoms with E-state index in [-0.39, 0.29) is 5.56 Å². The summed E-state index contributed by atoms with van der Waals surface area (Å²) in [7, 11) is 0. The van der Waals surface area contributed by atoms with E-state index in [0.29, 0.717) is 29.8 Å². The first kappa shape index (κ1) is 28.7. The van der Waals surface area contributed by atoms with Crippen LogP contribution in [0.15, 0.2) is 62.6 Å². The molecule has 2 aromatic heterocycles. The molecule has 0 spiro atoms. The van der Waals surface area contributed by atoms with Gasteiger partial charge in [-0.3, -0.25) is 18.9 Å². The van der Waals surface area contributed by atoms with Crippen molar-refractivity contribution in [2.75, 3.05) is 13.1 Å². The van der Waals surface area contributed by atoms with Gasteiger partial charge in [-0.1, -0.05) is 86.7 Å². The molecule has 41 heavy (non-hydrogen) atoms. The monoisotopic (exact) mass is 571 g/mol. The van der Waals surface area contributed by atoms with Gasteiger partial charge in [0.2, 0.25) is 0 Å². The normalized spacial score (nSPS) is 14.8. The van der Waals surface area contributed by atoms with Crippen LogP contribution in [0.3, 0.4) is 0 Å². The summed E-state index contributed by atoms with van der Waals surface area (Å²) < 4.78 is 6.53. The average Bonchev–Trinajstić information content (AvgIpc) is 3.39. The maximum absolute atomic E-state index is 13.9. The van der Waals surface area contributed by atoms with Crippen molar-refractivity contribution in [2.45, 2.75) is 66.3 Å². The van der Waals surface area contributed by atoms with Crippen LogP contribution in [-0.4, -0.2) is 42.7 Å². The summed E-state index contributed by atoms with van der Waals surface area (Å²) in [6, 6.07) is 15.8. The summed E-state index contributed by atoms with van der Waals surface area (Å²) in [5.74, 6) is 0.592. The van der Waals surface area contributed by atoms with E-state index in [1.807, 2.05) is 60.0 Å². The average molecular weight is 572 g/mol. The molecule has 4 aromatic rings. The highest BCUT2D eigenvalue weighted by Crippen LogP contribution is 2.31. The van der Waals surface area contributed by atoms with Crippen LogP contribution in [0, 0.1) is 12.3 Å². The van der Waals surface area contributed by atoms with Crippen molar-refractivity contribution in [2.24, 2.45) is 5.41 Å². The fraction of sp³-hybridized carbons (Fsp3) is 0.406. The third-order valence-corrected chi connectivity index (χ3v) is 8.45. The van der Waals surface area contributed by atoms with Gasteiger partial charge in [0.05, 0.1) is 11.5 Å². The maximum atomic E-state index is 13.9. The van der Waals surface area contributed by atoms with Crippen molar-refractivity contribution in [3.63, 3.8) is 0 Å². The highest BCUT2D eigenvalue weighted by molar-refractivity contribution is 7.80. The predicted octanol–water partition coefficient (Wildman–Crippen LogP) is 5.55. The first-order valence-electron chi connectivity index (χ1n) is 14.3. The Hall–Kier alpha value is -3.85. The highest BCUT2D eigenvalue weighted by Gasteiger charge is 2.27. The van der Waals surface area contributed by atoms with Crippen LogP contribution in [0.1, 0.15) is 62.7 Å². The van der Waals surface area contributed by atoms with E-state index in [2.05, 4.69) is 35.8 Å². The Bertz CT molecular complexity index is 1660. The number of thiocarbonyl (C=S) groups is 1. The second kappa shape index (κ2) is 11.9. The summed E-state index contributed by atoms with van der Waals surface area (Å²) in [5.41, 5.74) is 5.44. The summed E-state index contributed by atoms with van der Waals surface area (Å²) >= 11 is 5.84. The molecule has 1 N–H and O–H groups in total. The minimum Gasteiger partial charge on any atom is -0.366 e.